The van der Waals surface area contributed by atoms with Crippen molar-refractivity contribution in [3.63, 3.8) is 0 Å². The molecule has 2 aliphatic carbocycles. The number of carbonyl (C=O) groups excluding carboxylic acids is 3. The Morgan fingerprint density at radius 3 is 2.57 bits per heavy atom. The second kappa shape index (κ2) is 5.78. The topological polar surface area (TPSA) is 63.7 Å². The molecule has 116 valence electrons. The predicted octanol–water partition coefficient (Wildman–Crippen LogP) is 2.18. The van der Waals surface area contributed by atoms with Crippen LogP contribution in [0.2, 0.25) is 0 Å². The zero-order valence-electron chi connectivity index (χ0n) is 12.5. The Bertz CT molecular complexity index is 445. The largest absolute Gasteiger partial charge is 0.450 e. The molecule has 0 N–H and O–H groups in total. The quantitative estimate of drug-likeness (QED) is 0.732. The van der Waals surface area contributed by atoms with Crippen LogP contribution in [0.1, 0.15) is 45.4 Å². The molecule has 1 saturated heterocycles. The van der Waals surface area contributed by atoms with Gasteiger partial charge in [-0.15, -0.1) is 0 Å². The summed E-state index contributed by atoms with van der Waals surface area (Å²) in [5, 5.41) is 0. The van der Waals surface area contributed by atoms with Crippen LogP contribution >= 0.6 is 0 Å². The Morgan fingerprint density at radius 1 is 1.19 bits per heavy atom. The molecular formula is C16H23NO4. The summed E-state index contributed by atoms with van der Waals surface area (Å²) in [4.78, 5) is 38.5. The molecule has 0 aromatic carbocycles. The number of hydrogen-bond acceptors (Lipinski definition) is 4. The summed E-state index contributed by atoms with van der Waals surface area (Å²) in [7, 11) is 0. The third-order valence-electron chi connectivity index (χ3n) is 5.33. The second-order valence-corrected chi connectivity index (χ2v) is 6.46. The number of fused-ring (bicyclic) bond motifs is 1. The van der Waals surface area contributed by atoms with Crippen molar-refractivity contribution in [1.29, 1.82) is 0 Å². The van der Waals surface area contributed by atoms with Crippen molar-refractivity contribution in [2.24, 2.45) is 17.8 Å². The molecule has 3 rings (SSSR count). The Morgan fingerprint density at radius 2 is 1.90 bits per heavy atom. The molecule has 1 aliphatic heterocycles. The highest BCUT2D eigenvalue weighted by Crippen LogP contribution is 2.46. The number of nitrogens with zero attached hydrogens (tertiary/aromatic N) is 1. The second-order valence-electron chi connectivity index (χ2n) is 6.46. The van der Waals surface area contributed by atoms with E-state index in [9.17, 15) is 14.4 Å². The van der Waals surface area contributed by atoms with Crippen molar-refractivity contribution in [3.05, 3.63) is 0 Å². The smallest absolute Gasteiger partial charge is 0.410 e. The van der Waals surface area contributed by atoms with Gasteiger partial charge in [0.25, 0.3) is 0 Å². The third kappa shape index (κ3) is 2.47. The number of likely N-dealkylation sites (tertiary alicyclic amines) is 1. The summed E-state index contributed by atoms with van der Waals surface area (Å²) in [6, 6.07) is -0.253. The first-order valence-corrected chi connectivity index (χ1v) is 8.12. The van der Waals surface area contributed by atoms with Crippen molar-refractivity contribution < 1.29 is 19.1 Å². The molecule has 21 heavy (non-hydrogen) atoms. The van der Waals surface area contributed by atoms with Crippen molar-refractivity contribution in [2.45, 2.75) is 51.5 Å². The maximum absolute atomic E-state index is 12.3. The monoisotopic (exact) mass is 293 g/mol. The van der Waals surface area contributed by atoms with Gasteiger partial charge in [-0.3, -0.25) is 9.59 Å². The number of Topliss-reactive ketones (excluding diaryl/α,β-unsaturated/α-hetero) is 2. The fourth-order valence-electron chi connectivity index (χ4n) is 4.49. The van der Waals surface area contributed by atoms with Crippen LogP contribution in [0.25, 0.3) is 0 Å². The van der Waals surface area contributed by atoms with Gasteiger partial charge in [0.2, 0.25) is 0 Å². The van der Waals surface area contributed by atoms with Gasteiger partial charge in [0.15, 0.2) is 0 Å². The highest BCUT2D eigenvalue weighted by Gasteiger charge is 2.53. The van der Waals surface area contributed by atoms with E-state index in [-0.39, 0.29) is 23.7 Å². The summed E-state index contributed by atoms with van der Waals surface area (Å²) in [6.45, 7) is 2.75. The van der Waals surface area contributed by atoms with Gasteiger partial charge in [0.05, 0.1) is 18.6 Å². The first-order valence-electron chi connectivity index (χ1n) is 8.12. The molecule has 3 atom stereocenters. The number of ether oxygens (including phenoxy) is 1. The summed E-state index contributed by atoms with van der Waals surface area (Å²) in [5.74, 6) is 0.180. The summed E-state index contributed by atoms with van der Waals surface area (Å²) in [5.41, 5.74) is 0. The molecule has 0 aromatic rings. The van der Waals surface area contributed by atoms with Gasteiger partial charge in [0.1, 0.15) is 11.6 Å². The van der Waals surface area contributed by atoms with Crippen LogP contribution in [-0.4, -0.2) is 41.8 Å². The van der Waals surface area contributed by atoms with Crippen molar-refractivity contribution in [1.82, 2.24) is 4.90 Å². The van der Waals surface area contributed by atoms with Crippen LogP contribution in [0, 0.1) is 17.8 Å². The molecular weight excluding hydrogens is 270 g/mol. The van der Waals surface area contributed by atoms with Gasteiger partial charge in [-0.25, -0.2) is 4.79 Å². The number of amides is 1. The molecule has 3 fully saturated rings. The van der Waals surface area contributed by atoms with E-state index in [0.717, 1.165) is 19.3 Å². The van der Waals surface area contributed by atoms with Crippen molar-refractivity contribution >= 4 is 17.7 Å². The SMILES string of the molecule is CCOC(=O)N1CC2CCCC2C1C1C(=O)CCCC1=O. The van der Waals surface area contributed by atoms with E-state index >= 15 is 0 Å². The Kier molecular flexibility index (Phi) is 4.00. The molecule has 5 heteroatoms. The summed E-state index contributed by atoms with van der Waals surface area (Å²) >= 11 is 0. The minimum Gasteiger partial charge on any atom is -0.450 e. The number of carbonyl (C=O) groups is 3. The molecule has 0 radical (unpaired) electrons. The van der Waals surface area contributed by atoms with E-state index in [1.165, 1.54) is 0 Å². The summed E-state index contributed by atoms with van der Waals surface area (Å²) in [6.07, 6.45) is 4.49. The molecule has 0 aromatic heterocycles. The van der Waals surface area contributed by atoms with Crippen LogP contribution in [0.5, 0.6) is 0 Å². The molecule has 5 nitrogen and oxygen atoms in total. The minimum atomic E-state index is -0.601. The lowest BCUT2D eigenvalue weighted by atomic mass is 9.76. The molecule has 0 bridgehead atoms. The molecule has 1 heterocycles. The van der Waals surface area contributed by atoms with Crippen molar-refractivity contribution in [3.8, 4) is 0 Å². The van der Waals surface area contributed by atoms with E-state index in [1.54, 1.807) is 11.8 Å². The third-order valence-corrected chi connectivity index (χ3v) is 5.33. The maximum Gasteiger partial charge on any atom is 0.410 e. The van der Waals surface area contributed by atoms with Gasteiger partial charge in [-0.1, -0.05) is 6.42 Å². The van der Waals surface area contributed by atoms with E-state index in [4.69, 9.17) is 4.74 Å². The van der Waals surface area contributed by atoms with Crippen LogP contribution in [0.4, 0.5) is 4.79 Å². The van der Waals surface area contributed by atoms with Crippen LogP contribution in [0.15, 0.2) is 0 Å². The van der Waals surface area contributed by atoms with Gasteiger partial charge in [0, 0.05) is 19.4 Å². The fourth-order valence-corrected chi connectivity index (χ4v) is 4.49. The highest BCUT2D eigenvalue weighted by molar-refractivity contribution is 6.05. The highest BCUT2D eigenvalue weighted by atomic mass is 16.6. The number of ketones is 2. The lowest BCUT2D eigenvalue weighted by Crippen LogP contribution is -2.49. The average Bonchev–Trinajstić information content (AvgIpc) is 3.01. The molecule has 3 aliphatic rings. The number of hydrogen-bond donors (Lipinski definition) is 0. The zero-order chi connectivity index (χ0) is 15.0. The average molecular weight is 293 g/mol. The molecule has 3 unspecified atom stereocenters. The Balaban J connectivity index is 1.88. The predicted molar refractivity (Wildman–Crippen MR) is 75.7 cm³/mol. The van der Waals surface area contributed by atoms with Crippen LogP contribution < -0.4 is 0 Å². The Labute approximate surface area is 125 Å². The van der Waals surface area contributed by atoms with Gasteiger partial charge in [-0.2, -0.15) is 0 Å². The Hall–Kier alpha value is -1.39. The molecule has 1 amide bonds. The van der Waals surface area contributed by atoms with Gasteiger partial charge in [-0.05, 0) is 38.0 Å². The lowest BCUT2D eigenvalue weighted by Gasteiger charge is -2.34. The van der Waals surface area contributed by atoms with E-state index in [2.05, 4.69) is 0 Å². The van der Waals surface area contributed by atoms with E-state index in [1.807, 2.05) is 0 Å². The zero-order valence-corrected chi connectivity index (χ0v) is 12.5. The van der Waals surface area contributed by atoms with E-state index in [0.29, 0.717) is 44.2 Å². The minimum absolute atomic E-state index is 0.0260. The summed E-state index contributed by atoms with van der Waals surface area (Å²) < 4.78 is 5.15. The van der Waals surface area contributed by atoms with Crippen LogP contribution in [0.3, 0.4) is 0 Å². The first-order chi connectivity index (χ1) is 10.1. The standard InChI is InChI=1S/C16H23NO4/c1-2-21-16(20)17-9-10-5-3-6-11(10)15(17)14-12(18)7-4-8-13(14)19/h10-11,14-15H,2-9H2,1H3. The lowest BCUT2D eigenvalue weighted by molar-refractivity contribution is -0.138. The first kappa shape index (κ1) is 14.5. The normalized spacial score (nSPS) is 33.4. The van der Waals surface area contributed by atoms with Gasteiger partial charge >= 0.3 is 6.09 Å². The number of rotatable bonds is 2. The fraction of sp³-hybridized carbons (Fsp3) is 0.812. The van der Waals surface area contributed by atoms with Gasteiger partial charge < -0.3 is 9.64 Å². The maximum atomic E-state index is 12.3. The van der Waals surface area contributed by atoms with Crippen molar-refractivity contribution in [2.75, 3.05) is 13.2 Å². The van der Waals surface area contributed by atoms with E-state index < -0.39 is 5.92 Å². The molecule has 0 spiro atoms. The van der Waals surface area contributed by atoms with Crippen LogP contribution in [-0.2, 0) is 14.3 Å². The molecule has 2 saturated carbocycles.